The number of aliphatic imine (C=N–C) groups is 1. The predicted molar refractivity (Wildman–Crippen MR) is 105 cm³/mol. The van der Waals surface area contributed by atoms with Crippen LogP contribution in [0.5, 0.6) is 0 Å². The van der Waals surface area contributed by atoms with Crippen molar-refractivity contribution in [3.8, 4) is 11.3 Å². The summed E-state index contributed by atoms with van der Waals surface area (Å²) in [4.78, 5) is 34.6. The van der Waals surface area contributed by atoms with Gasteiger partial charge in [0.2, 0.25) is 0 Å². The zero-order valence-corrected chi connectivity index (χ0v) is 14.7. The molecule has 142 valence electrons. The monoisotopic (exact) mass is 388 g/mol. The lowest BCUT2D eigenvalue weighted by atomic mass is 10.1. The van der Waals surface area contributed by atoms with Crippen LogP contribution in [-0.2, 0) is 0 Å². The molecule has 0 saturated carbocycles. The van der Waals surface area contributed by atoms with Crippen LogP contribution in [0, 0.1) is 20.2 Å². The highest BCUT2D eigenvalue weighted by atomic mass is 16.6. The number of rotatable bonds is 5. The summed E-state index contributed by atoms with van der Waals surface area (Å²) in [7, 11) is 0. The average molecular weight is 388 g/mol. The van der Waals surface area contributed by atoms with Crippen molar-refractivity contribution in [1.29, 1.82) is 0 Å². The Morgan fingerprint density at radius 1 is 0.966 bits per heavy atom. The van der Waals surface area contributed by atoms with Gasteiger partial charge in [-0.1, -0.05) is 24.3 Å². The van der Waals surface area contributed by atoms with Crippen molar-refractivity contribution in [1.82, 2.24) is 14.4 Å². The highest BCUT2D eigenvalue weighted by Crippen LogP contribution is 2.36. The lowest BCUT2D eigenvalue weighted by Gasteiger charge is -2.02. The molecular weight excluding hydrogens is 376 g/mol. The number of nitrogens with zero attached hydrogens (tertiary/aromatic N) is 6. The first-order valence-corrected chi connectivity index (χ1v) is 8.39. The van der Waals surface area contributed by atoms with E-state index in [4.69, 9.17) is 0 Å². The summed E-state index contributed by atoms with van der Waals surface area (Å²) in [5.41, 5.74) is 1.09. The average Bonchev–Trinajstić information content (AvgIpc) is 3.10. The maximum absolute atomic E-state index is 11.5. The van der Waals surface area contributed by atoms with Crippen LogP contribution in [0.25, 0.3) is 16.9 Å². The van der Waals surface area contributed by atoms with Crippen molar-refractivity contribution < 1.29 is 9.85 Å². The molecule has 0 radical (unpaired) electrons. The zero-order valence-electron chi connectivity index (χ0n) is 14.7. The van der Waals surface area contributed by atoms with Gasteiger partial charge in [0.15, 0.2) is 11.5 Å². The van der Waals surface area contributed by atoms with Crippen molar-refractivity contribution in [2.24, 2.45) is 4.99 Å². The fourth-order valence-electron chi connectivity index (χ4n) is 2.92. The first-order chi connectivity index (χ1) is 14.1. The van der Waals surface area contributed by atoms with Crippen LogP contribution in [0.1, 0.15) is 5.56 Å². The Hall–Kier alpha value is -4.47. The van der Waals surface area contributed by atoms with Crippen LogP contribution in [0.15, 0.2) is 72.1 Å². The fourth-order valence-corrected chi connectivity index (χ4v) is 2.92. The second-order valence-electron chi connectivity index (χ2n) is 5.94. The molecule has 10 heteroatoms. The van der Waals surface area contributed by atoms with Gasteiger partial charge in [0.05, 0.1) is 27.2 Å². The van der Waals surface area contributed by atoms with Gasteiger partial charge in [-0.2, -0.15) is 0 Å². The van der Waals surface area contributed by atoms with Gasteiger partial charge in [-0.3, -0.25) is 29.6 Å². The van der Waals surface area contributed by atoms with Gasteiger partial charge < -0.3 is 0 Å². The standard InChI is InChI=1S/C19H12N6O4/c26-24(27)15-7-3-1-5-13(15)11-21-19-18(22-17-12-20-9-10-23(17)19)14-6-2-4-8-16(14)25(28)29/h1-12H/b21-11+. The van der Waals surface area contributed by atoms with E-state index in [1.807, 2.05) is 0 Å². The summed E-state index contributed by atoms with van der Waals surface area (Å²) < 4.78 is 1.62. The Bertz CT molecular complexity index is 1280. The van der Waals surface area contributed by atoms with Crippen LogP contribution in [0.3, 0.4) is 0 Å². The molecule has 0 amide bonds. The third-order valence-corrected chi connectivity index (χ3v) is 4.22. The van der Waals surface area contributed by atoms with Crippen LogP contribution >= 0.6 is 0 Å². The summed E-state index contributed by atoms with van der Waals surface area (Å²) in [6.07, 6.45) is 6.00. The molecule has 4 rings (SSSR count). The quantitative estimate of drug-likeness (QED) is 0.289. The number of imidazole rings is 1. The molecule has 0 spiro atoms. The van der Waals surface area contributed by atoms with Crippen LogP contribution in [-0.4, -0.2) is 30.4 Å². The summed E-state index contributed by atoms with van der Waals surface area (Å²) in [5.74, 6) is 0.301. The van der Waals surface area contributed by atoms with E-state index in [0.717, 1.165) is 0 Å². The SMILES string of the molecule is O=[N+]([O-])c1ccccc1/C=N/c1c(-c2ccccc2[N+](=O)[O-])nc2cnccn12. The van der Waals surface area contributed by atoms with Gasteiger partial charge in [-0.15, -0.1) is 0 Å². The summed E-state index contributed by atoms with van der Waals surface area (Å²) in [6.45, 7) is 0. The first kappa shape index (κ1) is 17.9. The highest BCUT2D eigenvalue weighted by Gasteiger charge is 2.22. The minimum absolute atomic E-state index is 0.0982. The Balaban J connectivity index is 1.93. The Morgan fingerprint density at radius 2 is 1.66 bits per heavy atom. The smallest absolute Gasteiger partial charge is 0.278 e. The van der Waals surface area contributed by atoms with Crippen molar-refractivity contribution >= 4 is 29.1 Å². The minimum Gasteiger partial charge on any atom is -0.281 e. The molecule has 0 saturated heterocycles. The molecule has 2 aromatic carbocycles. The number of para-hydroxylation sites is 2. The number of fused-ring (bicyclic) bond motifs is 1. The van der Waals surface area contributed by atoms with Crippen molar-refractivity contribution in [2.45, 2.75) is 0 Å². The normalized spacial score (nSPS) is 11.2. The van der Waals surface area contributed by atoms with Crippen molar-refractivity contribution in [3.05, 3.63) is 92.9 Å². The van der Waals surface area contributed by atoms with E-state index in [1.54, 1.807) is 47.0 Å². The molecule has 4 aromatic rings. The van der Waals surface area contributed by atoms with Gasteiger partial charge in [0.25, 0.3) is 11.4 Å². The molecule has 0 bridgehead atoms. The van der Waals surface area contributed by atoms with Gasteiger partial charge in [-0.05, 0) is 12.1 Å². The van der Waals surface area contributed by atoms with Gasteiger partial charge in [-0.25, -0.2) is 9.98 Å². The van der Waals surface area contributed by atoms with Crippen molar-refractivity contribution in [3.63, 3.8) is 0 Å². The van der Waals surface area contributed by atoms with E-state index in [1.165, 1.54) is 30.7 Å². The zero-order chi connectivity index (χ0) is 20.4. The maximum atomic E-state index is 11.5. The van der Waals surface area contributed by atoms with Crippen LogP contribution < -0.4 is 0 Å². The predicted octanol–water partition coefficient (Wildman–Crippen LogP) is 3.96. The molecule has 0 unspecified atom stereocenters. The number of nitro benzene ring substituents is 2. The van der Waals surface area contributed by atoms with E-state index < -0.39 is 9.85 Å². The molecule has 2 aromatic heterocycles. The second kappa shape index (κ2) is 7.27. The van der Waals surface area contributed by atoms with Gasteiger partial charge >= 0.3 is 0 Å². The van der Waals surface area contributed by atoms with E-state index in [-0.39, 0.29) is 22.6 Å². The first-order valence-electron chi connectivity index (χ1n) is 8.39. The second-order valence-corrected chi connectivity index (χ2v) is 5.94. The van der Waals surface area contributed by atoms with Crippen molar-refractivity contribution in [2.75, 3.05) is 0 Å². The minimum atomic E-state index is -0.497. The molecule has 0 aliphatic heterocycles. The molecule has 0 N–H and O–H groups in total. The number of aromatic nitrogens is 3. The maximum Gasteiger partial charge on any atom is 0.278 e. The van der Waals surface area contributed by atoms with Crippen LogP contribution in [0.2, 0.25) is 0 Å². The molecule has 0 aliphatic rings. The number of nitro groups is 2. The number of hydrogen-bond acceptors (Lipinski definition) is 7. The molecule has 0 fully saturated rings. The largest absolute Gasteiger partial charge is 0.281 e. The summed E-state index contributed by atoms with van der Waals surface area (Å²) >= 11 is 0. The molecule has 0 aliphatic carbocycles. The van der Waals surface area contributed by atoms with E-state index in [9.17, 15) is 20.2 Å². The van der Waals surface area contributed by atoms with E-state index in [0.29, 0.717) is 17.0 Å². The van der Waals surface area contributed by atoms with Gasteiger partial charge in [0.1, 0.15) is 5.69 Å². The lowest BCUT2D eigenvalue weighted by Crippen LogP contribution is -1.94. The molecule has 0 atom stereocenters. The molecule has 2 heterocycles. The fraction of sp³-hybridized carbons (Fsp3) is 0. The highest BCUT2D eigenvalue weighted by molar-refractivity contribution is 5.89. The van der Waals surface area contributed by atoms with E-state index in [2.05, 4.69) is 15.0 Å². The van der Waals surface area contributed by atoms with Crippen LogP contribution in [0.4, 0.5) is 17.2 Å². The molecular formula is C19H12N6O4. The van der Waals surface area contributed by atoms with Gasteiger partial charge in [0, 0.05) is 30.7 Å². The Labute approximate surface area is 163 Å². The Kier molecular flexibility index (Phi) is 4.49. The Morgan fingerprint density at radius 3 is 2.41 bits per heavy atom. The number of hydrogen-bond donors (Lipinski definition) is 0. The molecule has 10 nitrogen and oxygen atoms in total. The lowest BCUT2D eigenvalue weighted by molar-refractivity contribution is -0.385. The topological polar surface area (TPSA) is 129 Å². The third kappa shape index (κ3) is 3.30. The summed E-state index contributed by atoms with van der Waals surface area (Å²) in [5, 5.41) is 22.7. The summed E-state index contributed by atoms with van der Waals surface area (Å²) in [6, 6.07) is 12.4. The molecule has 29 heavy (non-hydrogen) atoms. The van der Waals surface area contributed by atoms with E-state index >= 15 is 0 Å². The third-order valence-electron chi connectivity index (χ3n) is 4.22. The number of benzene rings is 2.